The van der Waals surface area contributed by atoms with E-state index in [1.54, 1.807) is 4.90 Å². The molecule has 1 aromatic carbocycles. The number of nitrogens with one attached hydrogen (secondary N) is 1. The second-order valence-electron chi connectivity index (χ2n) is 10.5. The lowest BCUT2D eigenvalue weighted by atomic mass is 9.84. The van der Waals surface area contributed by atoms with Crippen LogP contribution in [0.5, 0.6) is 0 Å². The van der Waals surface area contributed by atoms with Gasteiger partial charge in [-0.05, 0) is 38.7 Å². The summed E-state index contributed by atoms with van der Waals surface area (Å²) in [6.07, 6.45) is 5.45. The summed E-state index contributed by atoms with van der Waals surface area (Å²) in [6.45, 7) is 6.19. The molecule has 1 aromatic rings. The smallest absolute Gasteiger partial charge is 0.410 e. The first-order valence-electron chi connectivity index (χ1n) is 12.3. The van der Waals surface area contributed by atoms with Gasteiger partial charge >= 0.3 is 18.2 Å². The predicted octanol–water partition coefficient (Wildman–Crippen LogP) is 5.06. The average Bonchev–Trinajstić information content (AvgIpc) is 2.79. The van der Waals surface area contributed by atoms with Crippen molar-refractivity contribution in [2.24, 2.45) is 5.92 Å². The Morgan fingerprint density at radius 3 is 2.26 bits per heavy atom. The molecule has 1 aliphatic heterocycles. The molecule has 0 radical (unpaired) electrons. The highest BCUT2D eigenvalue weighted by atomic mass is 16.6. The van der Waals surface area contributed by atoms with Crippen LogP contribution in [-0.4, -0.2) is 52.9 Å². The number of aliphatic carboxylic acids is 1. The van der Waals surface area contributed by atoms with Crippen molar-refractivity contribution in [2.45, 2.75) is 89.4 Å². The lowest BCUT2D eigenvalue weighted by molar-refractivity contribution is -0.140. The topological polar surface area (TPSA) is 105 Å². The first-order chi connectivity index (χ1) is 16.1. The molecule has 8 heteroatoms. The second kappa shape index (κ2) is 11.1. The van der Waals surface area contributed by atoms with Crippen molar-refractivity contribution in [2.75, 3.05) is 13.1 Å². The van der Waals surface area contributed by atoms with E-state index in [1.807, 2.05) is 51.1 Å². The van der Waals surface area contributed by atoms with E-state index in [0.29, 0.717) is 38.3 Å². The van der Waals surface area contributed by atoms with Crippen LogP contribution in [0.2, 0.25) is 0 Å². The molecular formula is C26H38N2O6. The number of carboxylic acid groups (broad SMARTS) is 1. The molecule has 2 amide bonds. The molecule has 0 bridgehead atoms. The summed E-state index contributed by atoms with van der Waals surface area (Å²) in [5, 5.41) is 12.3. The number of rotatable bonds is 6. The molecule has 2 aliphatic rings. The van der Waals surface area contributed by atoms with Crippen LogP contribution in [0.4, 0.5) is 9.59 Å². The number of carbonyl (C=O) groups is 3. The quantitative estimate of drug-likeness (QED) is 0.597. The first kappa shape index (κ1) is 25.8. The molecule has 34 heavy (non-hydrogen) atoms. The van der Waals surface area contributed by atoms with Crippen molar-refractivity contribution in [1.29, 1.82) is 0 Å². The summed E-state index contributed by atoms with van der Waals surface area (Å²) in [5.41, 5.74) is -0.711. The summed E-state index contributed by atoms with van der Waals surface area (Å²) in [4.78, 5) is 38.9. The normalized spacial score (nSPS) is 19.7. The minimum Gasteiger partial charge on any atom is -0.480 e. The van der Waals surface area contributed by atoms with E-state index in [-0.39, 0.29) is 0 Å². The summed E-state index contributed by atoms with van der Waals surface area (Å²) in [5.74, 6) is -0.744. The standard InChI is InChI=1S/C26H38N2O6/c1-25(2,3)34-24(32)28-16-14-26(15-17-28,20-12-8-5-9-13-20)33-23(31)27-21(22(29)30)18-19-10-6-4-7-11-19/h5,8-9,12-13,19,21H,4,6-7,10-11,14-18H2,1-3H3,(H,27,31)(H,29,30). The molecule has 1 aliphatic carbocycles. The Morgan fingerprint density at radius 1 is 1.09 bits per heavy atom. The minimum atomic E-state index is -1.05. The zero-order chi connectivity index (χ0) is 24.8. The molecule has 2 fully saturated rings. The Kier molecular flexibility index (Phi) is 8.44. The summed E-state index contributed by atoms with van der Waals surface area (Å²) >= 11 is 0. The van der Waals surface area contributed by atoms with Gasteiger partial charge in [-0.1, -0.05) is 62.4 Å². The van der Waals surface area contributed by atoms with Gasteiger partial charge in [-0.2, -0.15) is 0 Å². The Labute approximate surface area is 202 Å². The van der Waals surface area contributed by atoms with Crippen LogP contribution in [0.15, 0.2) is 30.3 Å². The van der Waals surface area contributed by atoms with Crippen LogP contribution in [0.3, 0.4) is 0 Å². The van der Waals surface area contributed by atoms with E-state index in [0.717, 1.165) is 31.2 Å². The number of piperidine rings is 1. The number of nitrogens with zero attached hydrogens (tertiary/aromatic N) is 1. The first-order valence-corrected chi connectivity index (χ1v) is 12.3. The third-order valence-corrected chi connectivity index (χ3v) is 6.69. The number of hydrogen-bond acceptors (Lipinski definition) is 5. The fourth-order valence-corrected chi connectivity index (χ4v) is 4.90. The Hall–Kier alpha value is -2.77. The van der Waals surface area contributed by atoms with Gasteiger partial charge in [0.15, 0.2) is 0 Å². The van der Waals surface area contributed by atoms with E-state index in [4.69, 9.17) is 9.47 Å². The van der Waals surface area contributed by atoms with Gasteiger partial charge in [-0.15, -0.1) is 0 Å². The fraction of sp³-hybridized carbons (Fsp3) is 0.654. The molecule has 0 aromatic heterocycles. The number of carboxylic acids is 1. The van der Waals surface area contributed by atoms with Crippen LogP contribution >= 0.6 is 0 Å². The molecule has 188 valence electrons. The SMILES string of the molecule is CC(C)(C)OC(=O)N1CCC(OC(=O)NC(CC2CCCCC2)C(=O)O)(c2ccccc2)CC1. The number of ether oxygens (including phenoxy) is 2. The van der Waals surface area contributed by atoms with E-state index in [9.17, 15) is 19.5 Å². The largest absolute Gasteiger partial charge is 0.480 e. The fourth-order valence-electron chi connectivity index (χ4n) is 4.90. The Balaban J connectivity index is 1.68. The lowest BCUT2D eigenvalue weighted by Gasteiger charge is -2.41. The zero-order valence-electron chi connectivity index (χ0n) is 20.5. The Bertz CT molecular complexity index is 837. The Morgan fingerprint density at radius 2 is 1.71 bits per heavy atom. The third kappa shape index (κ3) is 7.11. The number of hydrogen-bond donors (Lipinski definition) is 2. The lowest BCUT2D eigenvalue weighted by Crippen LogP contribution is -2.51. The number of amides is 2. The third-order valence-electron chi connectivity index (χ3n) is 6.69. The van der Waals surface area contributed by atoms with Gasteiger partial charge in [-0.25, -0.2) is 14.4 Å². The molecule has 1 unspecified atom stereocenters. The molecule has 3 rings (SSSR count). The molecule has 1 heterocycles. The van der Waals surface area contributed by atoms with Crippen molar-refractivity contribution in [3.05, 3.63) is 35.9 Å². The average molecular weight is 475 g/mol. The van der Waals surface area contributed by atoms with Crippen LogP contribution in [0, 0.1) is 5.92 Å². The van der Waals surface area contributed by atoms with Crippen molar-refractivity contribution in [1.82, 2.24) is 10.2 Å². The molecule has 8 nitrogen and oxygen atoms in total. The maximum atomic E-state index is 12.9. The van der Waals surface area contributed by atoms with Gasteiger partial charge in [0.2, 0.25) is 0 Å². The van der Waals surface area contributed by atoms with Crippen molar-refractivity contribution >= 4 is 18.2 Å². The minimum absolute atomic E-state index is 0.301. The van der Waals surface area contributed by atoms with Crippen molar-refractivity contribution < 1.29 is 29.0 Å². The van der Waals surface area contributed by atoms with E-state index in [1.165, 1.54) is 6.42 Å². The van der Waals surface area contributed by atoms with Crippen LogP contribution < -0.4 is 5.32 Å². The van der Waals surface area contributed by atoms with Crippen LogP contribution in [0.25, 0.3) is 0 Å². The van der Waals surface area contributed by atoms with Crippen LogP contribution in [0.1, 0.15) is 77.7 Å². The van der Waals surface area contributed by atoms with E-state index >= 15 is 0 Å². The molecule has 0 spiro atoms. The number of alkyl carbamates (subject to hydrolysis) is 1. The van der Waals surface area contributed by atoms with Crippen molar-refractivity contribution in [3.8, 4) is 0 Å². The van der Waals surface area contributed by atoms with Crippen molar-refractivity contribution in [3.63, 3.8) is 0 Å². The van der Waals surface area contributed by atoms with Gasteiger partial charge in [-0.3, -0.25) is 0 Å². The summed E-state index contributed by atoms with van der Waals surface area (Å²) in [6, 6.07) is 8.45. The number of likely N-dealkylation sites (tertiary alicyclic amines) is 1. The van der Waals surface area contributed by atoms with E-state index in [2.05, 4.69) is 5.32 Å². The number of benzene rings is 1. The van der Waals surface area contributed by atoms with Gasteiger partial charge in [0.05, 0.1) is 0 Å². The highest BCUT2D eigenvalue weighted by Gasteiger charge is 2.42. The predicted molar refractivity (Wildman–Crippen MR) is 127 cm³/mol. The van der Waals surface area contributed by atoms with Gasteiger partial charge in [0.1, 0.15) is 17.2 Å². The molecule has 2 N–H and O–H groups in total. The molecule has 1 atom stereocenters. The monoisotopic (exact) mass is 474 g/mol. The van der Waals surface area contributed by atoms with Gasteiger partial charge < -0.3 is 24.8 Å². The van der Waals surface area contributed by atoms with Crippen LogP contribution in [-0.2, 0) is 19.9 Å². The zero-order valence-corrected chi connectivity index (χ0v) is 20.5. The summed E-state index contributed by atoms with van der Waals surface area (Å²) in [7, 11) is 0. The maximum absolute atomic E-state index is 12.9. The van der Waals surface area contributed by atoms with Gasteiger partial charge in [0.25, 0.3) is 0 Å². The highest BCUT2D eigenvalue weighted by molar-refractivity contribution is 5.80. The van der Waals surface area contributed by atoms with E-state index < -0.39 is 35.4 Å². The summed E-state index contributed by atoms with van der Waals surface area (Å²) < 4.78 is 11.5. The second-order valence-corrected chi connectivity index (χ2v) is 10.5. The molecular weight excluding hydrogens is 436 g/mol. The number of carbonyl (C=O) groups excluding carboxylic acids is 2. The van der Waals surface area contributed by atoms with Gasteiger partial charge in [0, 0.05) is 25.9 Å². The highest BCUT2D eigenvalue weighted by Crippen LogP contribution is 2.37. The molecule has 1 saturated heterocycles. The maximum Gasteiger partial charge on any atom is 0.410 e. The molecule has 1 saturated carbocycles.